The molecule has 0 spiro atoms. The molecule has 1 aliphatic heterocycles. The molecule has 0 amide bonds. The highest BCUT2D eigenvalue weighted by Crippen LogP contribution is 2.26. The van der Waals surface area contributed by atoms with Gasteiger partial charge in [-0.2, -0.15) is 9.40 Å². The van der Waals surface area contributed by atoms with Crippen molar-refractivity contribution < 1.29 is 17.9 Å². The fraction of sp³-hybridized carbons (Fsp3) is 0.500. The lowest BCUT2D eigenvalue weighted by Crippen LogP contribution is -2.31. The van der Waals surface area contributed by atoms with Gasteiger partial charge in [-0.05, 0) is 20.3 Å². The molecular weight excluding hydrogens is 334 g/mol. The summed E-state index contributed by atoms with van der Waals surface area (Å²) in [5, 5.41) is 14.4. The fourth-order valence-electron chi connectivity index (χ4n) is 2.71. The molecule has 9 nitrogen and oxygen atoms in total. The number of aryl methyl sites for hydroxylation is 2. The SMILES string of the molecule is COc1ccc(OC2CCN(S(=O)(=O)c3c(C)n[nH]c3C)C2)nn1. The summed E-state index contributed by atoms with van der Waals surface area (Å²) in [6.45, 7) is 4.03. The third-order valence-electron chi connectivity index (χ3n) is 3.88. The van der Waals surface area contributed by atoms with Gasteiger partial charge in [0.25, 0.3) is 0 Å². The van der Waals surface area contributed by atoms with Crippen LogP contribution in [-0.2, 0) is 10.0 Å². The van der Waals surface area contributed by atoms with Crippen LogP contribution in [0.3, 0.4) is 0 Å². The van der Waals surface area contributed by atoms with E-state index in [1.54, 1.807) is 26.0 Å². The number of nitrogens with one attached hydrogen (secondary N) is 1. The normalized spacial score (nSPS) is 18.7. The molecule has 3 heterocycles. The van der Waals surface area contributed by atoms with Gasteiger partial charge in [0.2, 0.25) is 21.8 Å². The molecule has 1 aliphatic rings. The molecule has 2 aromatic heterocycles. The van der Waals surface area contributed by atoms with E-state index in [0.717, 1.165) is 0 Å². The Morgan fingerprint density at radius 1 is 1.25 bits per heavy atom. The highest BCUT2D eigenvalue weighted by atomic mass is 32.2. The Labute approximate surface area is 140 Å². The van der Waals surface area contributed by atoms with E-state index in [1.807, 2.05) is 0 Å². The lowest BCUT2D eigenvalue weighted by Gasteiger charge is -2.17. The summed E-state index contributed by atoms with van der Waals surface area (Å²) < 4.78 is 37.6. The lowest BCUT2D eigenvalue weighted by molar-refractivity contribution is 0.203. The van der Waals surface area contributed by atoms with Crippen LogP contribution in [0.2, 0.25) is 0 Å². The van der Waals surface area contributed by atoms with Crippen molar-refractivity contribution in [3.8, 4) is 11.8 Å². The Balaban J connectivity index is 1.70. The number of sulfonamides is 1. The van der Waals surface area contributed by atoms with Crippen LogP contribution in [0, 0.1) is 13.8 Å². The zero-order valence-corrected chi connectivity index (χ0v) is 14.5. The summed E-state index contributed by atoms with van der Waals surface area (Å²) in [6.07, 6.45) is 0.318. The van der Waals surface area contributed by atoms with E-state index in [1.165, 1.54) is 11.4 Å². The molecule has 130 valence electrons. The highest BCUT2D eigenvalue weighted by Gasteiger charge is 2.36. The first-order valence-corrected chi connectivity index (χ1v) is 8.92. The monoisotopic (exact) mass is 353 g/mol. The Kier molecular flexibility index (Phi) is 4.41. The quantitative estimate of drug-likeness (QED) is 0.841. The molecule has 0 radical (unpaired) electrons. The first kappa shape index (κ1) is 16.7. The molecule has 0 aliphatic carbocycles. The van der Waals surface area contributed by atoms with Crippen molar-refractivity contribution in [1.82, 2.24) is 24.7 Å². The van der Waals surface area contributed by atoms with E-state index in [9.17, 15) is 8.42 Å². The summed E-state index contributed by atoms with van der Waals surface area (Å²) >= 11 is 0. The summed E-state index contributed by atoms with van der Waals surface area (Å²) in [6, 6.07) is 3.29. The number of aromatic nitrogens is 4. The molecule has 2 aromatic rings. The van der Waals surface area contributed by atoms with Crippen LogP contribution < -0.4 is 9.47 Å². The van der Waals surface area contributed by atoms with E-state index in [2.05, 4.69) is 20.4 Å². The summed E-state index contributed by atoms with van der Waals surface area (Å²) in [4.78, 5) is 0.243. The van der Waals surface area contributed by atoms with Crippen molar-refractivity contribution in [3.63, 3.8) is 0 Å². The molecule has 1 unspecified atom stereocenters. The first-order valence-electron chi connectivity index (χ1n) is 7.48. The minimum Gasteiger partial charge on any atom is -0.480 e. The minimum atomic E-state index is -3.59. The molecule has 10 heteroatoms. The zero-order valence-electron chi connectivity index (χ0n) is 13.7. The van der Waals surface area contributed by atoms with Gasteiger partial charge in [0.05, 0.1) is 25.0 Å². The number of aromatic amines is 1. The smallest absolute Gasteiger partial charge is 0.246 e. The lowest BCUT2D eigenvalue weighted by atomic mass is 10.3. The molecule has 0 saturated carbocycles. The van der Waals surface area contributed by atoms with Crippen LogP contribution >= 0.6 is 0 Å². The average molecular weight is 353 g/mol. The summed E-state index contributed by atoms with van der Waals surface area (Å²) in [5.41, 5.74) is 1.01. The van der Waals surface area contributed by atoms with Crippen LogP contribution in [0.25, 0.3) is 0 Å². The minimum absolute atomic E-state index is 0.243. The maximum absolute atomic E-state index is 12.8. The third-order valence-corrected chi connectivity index (χ3v) is 6.01. The van der Waals surface area contributed by atoms with Crippen molar-refractivity contribution in [2.45, 2.75) is 31.3 Å². The van der Waals surface area contributed by atoms with Gasteiger partial charge in [-0.15, -0.1) is 10.2 Å². The number of methoxy groups -OCH3 is 1. The van der Waals surface area contributed by atoms with Crippen LogP contribution in [0.1, 0.15) is 17.8 Å². The van der Waals surface area contributed by atoms with E-state index < -0.39 is 10.0 Å². The largest absolute Gasteiger partial charge is 0.480 e. The Morgan fingerprint density at radius 2 is 1.96 bits per heavy atom. The molecule has 1 fully saturated rings. The molecule has 3 rings (SSSR count). The molecular formula is C14H19N5O4S. The average Bonchev–Trinajstić information content (AvgIpc) is 3.15. The van der Waals surface area contributed by atoms with Crippen molar-refractivity contribution in [2.75, 3.05) is 20.2 Å². The number of H-pyrrole nitrogens is 1. The molecule has 24 heavy (non-hydrogen) atoms. The molecule has 1 N–H and O–H groups in total. The maximum atomic E-state index is 12.8. The van der Waals surface area contributed by atoms with E-state index >= 15 is 0 Å². The van der Waals surface area contributed by atoms with E-state index in [4.69, 9.17) is 9.47 Å². The Bertz CT molecular complexity index is 799. The van der Waals surface area contributed by atoms with Crippen molar-refractivity contribution in [2.24, 2.45) is 0 Å². The fourth-order valence-corrected chi connectivity index (χ4v) is 4.53. The number of rotatable bonds is 5. The zero-order chi connectivity index (χ0) is 17.3. The number of hydrogen-bond donors (Lipinski definition) is 1. The predicted octanol–water partition coefficient (Wildman–Crippen LogP) is 0.667. The number of hydrogen-bond acceptors (Lipinski definition) is 7. The van der Waals surface area contributed by atoms with Gasteiger partial charge in [0.1, 0.15) is 11.0 Å². The summed E-state index contributed by atoms with van der Waals surface area (Å²) in [7, 11) is -2.08. The number of nitrogens with zero attached hydrogens (tertiary/aromatic N) is 4. The first-order chi connectivity index (χ1) is 11.4. The second kappa shape index (κ2) is 6.36. The van der Waals surface area contributed by atoms with Gasteiger partial charge in [-0.25, -0.2) is 8.42 Å². The van der Waals surface area contributed by atoms with Crippen LogP contribution in [0.4, 0.5) is 0 Å². The second-order valence-electron chi connectivity index (χ2n) is 5.57. The van der Waals surface area contributed by atoms with Gasteiger partial charge in [-0.3, -0.25) is 5.10 Å². The maximum Gasteiger partial charge on any atom is 0.246 e. The molecule has 1 saturated heterocycles. The second-order valence-corrected chi connectivity index (χ2v) is 7.44. The third kappa shape index (κ3) is 3.06. The van der Waals surface area contributed by atoms with Crippen molar-refractivity contribution in [1.29, 1.82) is 0 Å². The number of ether oxygens (including phenoxy) is 2. The van der Waals surface area contributed by atoms with E-state index in [0.29, 0.717) is 36.1 Å². The molecule has 0 aromatic carbocycles. The van der Waals surface area contributed by atoms with E-state index in [-0.39, 0.29) is 17.5 Å². The molecule has 1 atom stereocenters. The Hall–Kier alpha value is -2.20. The van der Waals surface area contributed by atoms with Crippen LogP contribution in [0.15, 0.2) is 17.0 Å². The predicted molar refractivity (Wildman–Crippen MR) is 84.4 cm³/mol. The van der Waals surface area contributed by atoms with Gasteiger partial charge in [0.15, 0.2) is 0 Å². The van der Waals surface area contributed by atoms with Gasteiger partial charge in [-0.1, -0.05) is 0 Å². The van der Waals surface area contributed by atoms with Gasteiger partial charge < -0.3 is 9.47 Å². The van der Waals surface area contributed by atoms with Crippen LogP contribution in [-0.4, -0.2) is 59.4 Å². The van der Waals surface area contributed by atoms with Crippen molar-refractivity contribution in [3.05, 3.63) is 23.5 Å². The summed E-state index contributed by atoms with van der Waals surface area (Å²) in [5.74, 6) is 0.736. The van der Waals surface area contributed by atoms with Gasteiger partial charge >= 0.3 is 0 Å². The topological polar surface area (TPSA) is 110 Å². The standard InChI is InChI=1S/C14H19N5O4S/c1-9-14(10(2)16-15-9)24(20,21)19-7-6-11(8-19)23-13-5-4-12(22-3)17-18-13/h4-5,11H,6-8H2,1-3H3,(H,15,16). The van der Waals surface area contributed by atoms with Crippen LogP contribution in [0.5, 0.6) is 11.8 Å². The van der Waals surface area contributed by atoms with Crippen molar-refractivity contribution >= 4 is 10.0 Å². The molecule has 0 bridgehead atoms. The Morgan fingerprint density at radius 3 is 2.54 bits per heavy atom. The highest BCUT2D eigenvalue weighted by molar-refractivity contribution is 7.89. The van der Waals surface area contributed by atoms with Gasteiger partial charge in [0, 0.05) is 18.7 Å².